The summed E-state index contributed by atoms with van der Waals surface area (Å²) in [5.74, 6) is 1.55. The van der Waals surface area contributed by atoms with Crippen molar-refractivity contribution >= 4 is 11.7 Å². The van der Waals surface area contributed by atoms with Crippen molar-refractivity contribution in [3.05, 3.63) is 17.8 Å². The summed E-state index contributed by atoms with van der Waals surface area (Å²) in [7, 11) is 2.00. The molecule has 6 nitrogen and oxygen atoms in total. The van der Waals surface area contributed by atoms with Gasteiger partial charge in [-0.2, -0.15) is 5.10 Å². The lowest BCUT2D eigenvalue weighted by atomic mass is 9.86. The first-order valence-corrected chi connectivity index (χ1v) is 6.66. The number of amidine groups is 1. The second-order valence-corrected chi connectivity index (χ2v) is 5.28. The van der Waals surface area contributed by atoms with Crippen molar-refractivity contribution in [1.82, 2.24) is 10.2 Å². The molecule has 0 spiro atoms. The number of oxime groups is 1. The fourth-order valence-corrected chi connectivity index (χ4v) is 2.64. The zero-order valence-corrected chi connectivity index (χ0v) is 11.5. The minimum Gasteiger partial charge on any atom is -0.409 e. The number of nitrogens with zero attached hydrogens (tertiary/aromatic N) is 4. The summed E-state index contributed by atoms with van der Waals surface area (Å²) in [6, 6.07) is 2.16. The molecule has 0 radical (unpaired) electrons. The fraction of sp³-hybridized carbons (Fsp3) is 0.615. The number of anilines is 1. The van der Waals surface area contributed by atoms with E-state index in [9.17, 15) is 0 Å². The zero-order chi connectivity index (χ0) is 13.8. The highest BCUT2D eigenvalue weighted by atomic mass is 16.4. The molecule has 1 saturated carbocycles. The Balaban J connectivity index is 2.21. The van der Waals surface area contributed by atoms with Crippen molar-refractivity contribution in [2.75, 3.05) is 11.9 Å². The summed E-state index contributed by atoms with van der Waals surface area (Å²) in [5, 5.41) is 19.9. The predicted octanol–water partition coefficient (Wildman–Crippen LogP) is 1.59. The Kier molecular flexibility index (Phi) is 4.19. The van der Waals surface area contributed by atoms with Crippen LogP contribution < -0.4 is 10.6 Å². The summed E-state index contributed by atoms with van der Waals surface area (Å²) in [5.41, 5.74) is 6.31. The molecular weight excluding hydrogens is 242 g/mol. The third kappa shape index (κ3) is 2.94. The second kappa shape index (κ2) is 5.86. The SMILES string of the molecule is CC1CCC(N(C)c2nnccc2/C(N)=N/O)CC1. The maximum Gasteiger partial charge on any atom is 0.173 e. The average molecular weight is 263 g/mol. The Morgan fingerprint density at radius 2 is 2.11 bits per heavy atom. The molecule has 6 heteroatoms. The lowest BCUT2D eigenvalue weighted by Crippen LogP contribution is -2.37. The van der Waals surface area contributed by atoms with Gasteiger partial charge in [-0.15, -0.1) is 5.10 Å². The second-order valence-electron chi connectivity index (χ2n) is 5.28. The molecule has 0 atom stereocenters. The van der Waals surface area contributed by atoms with Gasteiger partial charge in [0.1, 0.15) is 0 Å². The van der Waals surface area contributed by atoms with Crippen LogP contribution in [0.3, 0.4) is 0 Å². The Hall–Kier alpha value is -1.85. The molecule has 1 aliphatic rings. The molecule has 104 valence electrons. The minimum absolute atomic E-state index is 0.0703. The summed E-state index contributed by atoms with van der Waals surface area (Å²) in [6.07, 6.45) is 6.30. The monoisotopic (exact) mass is 263 g/mol. The lowest BCUT2D eigenvalue weighted by molar-refractivity contribution is 0.318. The number of hydrogen-bond donors (Lipinski definition) is 2. The number of nitrogens with two attached hydrogens (primary N) is 1. The smallest absolute Gasteiger partial charge is 0.173 e. The Morgan fingerprint density at radius 1 is 1.42 bits per heavy atom. The van der Waals surface area contributed by atoms with Gasteiger partial charge in [0.2, 0.25) is 0 Å². The van der Waals surface area contributed by atoms with Crippen LogP contribution in [0.15, 0.2) is 17.4 Å². The quantitative estimate of drug-likeness (QED) is 0.374. The van der Waals surface area contributed by atoms with Crippen LogP contribution in [0.5, 0.6) is 0 Å². The number of aromatic nitrogens is 2. The van der Waals surface area contributed by atoms with Gasteiger partial charge in [-0.3, -0.25) is 0 Å². The van der Waals surface area contributed by atoms with E-state index in [1.54, 1.807) is 12.3 Å². The summed E-state index contributed by atoms with van der Waals surface area (Å²) >= 11 is 0. The van der Waals surface area contributed by atoms with Crippen molar-refractivity contribution < 1.29 is 5.21 Å². The van der Waals surface area contributed by atoms with Crippen LogP contribution in [0.2, 0.25) is 0 Å². The first-order chi connectivity index (χ1) is 9.13. The summed E-state index contributed by atoms with van der Waals surface area (Å²) in [6.45, 7) is 2.29. The van der Waals surface area contributed by atoms with Gasteiger partial charge < -0.3 is 15.8 Å². The van der Waals surface area contributed by atoms with Crippen molar-refractivity contribution in [1.29, 1.82) is 0 Å². The minimum atomic E-state index is 0.0703. The van der Waals surface area contributed by atoms with Gasteiger partial charge in [-0.1, -0.05) is 12.1 Å². The van der Waals surface area contributed by atoms with E-state index in [-0.39, 0.29) is 5.84 Å². The summed E-state index contributed by atoms with van der Waals surface area (Å²) in [4.78, 5) is 2.10. The molecule has 1 aliphatic carbocycles. The Morgan fingerprint density at radius 3 is 2.74 bits per heavy atom. The van der Waals surface area contributed by atoms with Gasteiger partial charge in [0, 0.05) is 13.1 Å². The zero-order valence-electron chi connectivity index (χ0n) is 11.5. The molecule has 0 saturated heterocycles. The standard InChI is InChI=1S/C13H21N5O/c1-9-3-5-10(6-4-9)18(2)13-11(12(14)17-19)7-8-15-16-13/h7-10,19H,3-6H2,1-2H3,(H2,14,17). The largest absolute Gasteiger partial charge is 0.409 e. The normalized spacial score (nSPS) is 24.2. The van der Waals surface area contributed by atoms with E-state index in [0.29, 0.717) is 17.4 Å². The molecular formula is C13H21N5O. The van der Waals surface area contributed by atoms with E-state index in [2.05, 4.69) is 27.2 Å². The molecule has 1 aromatic heterocycles. The Bertz CT molecular complexity index is 454. The van der Waals surface area contributed by atoms with Gasteiger partial charge >= 0.3 is 0 Å². The van der Waals surface area contributed by atoms with E-state index in [4.69, 9.17) is 10.9 Å². The molecule has 0 amide bonds. The van der Waals surface area contributed by atoms with Gasteiger partial charge in [0.05, 0.1) is 11.8 Å². The molecule has 1 heterocycles. The molecule has 0 unspecified atom stereocenters. The molecule has 2 rings (SSSR count). The first kappa shape index (κ1) is 13.6. The average Bonchev–Trinajstić information content (AvgIpc) is 2.46. The third-order valence-corrected chi connectivity index (χ3v) is 3.95. The maximum absolute atomic E-state index is 8.84. The third-order valence-electron chi connectivity index (χ3n) is 3.95. The van der Waals surface area contributed by atoms with Crippen molar-refractivity contribution in [3.63, 3.8) is 0 Å². The van der Waals surface area contributed by atoms with E-state index < -0.39 is 0 Å². The van der Waals surface area contributed by atoms with Crippen LogP contribution in [-0.2, 0) is 0 Å². The highest BCUT2D eigenvalue weighted by molar-refractivity contribution is 6.01. The molecule has 19 heavy (non-hydrogen) atoms. The van der Waals surface area contributed by atoms with E-state index in [1.165, 1.54) is 12.8 Å². The maximum atomic E-state index is 8.84. The van der Waals surface area contributed by atoms with E-state index in [1.807, 2.05) is 7.05 Å². The fourth-order valence-electron chi connectivity index (χ4n) is 2.64. The van der Waals surface area contributed by atoms with Crippen LogP contribution >= 0.6 is 0 Å². The highest BCUT2D eigenvalue weighted by Crippen LogP contribution is 2.29. The van der Waals surface area contributed by atoms with Crippen LogP contribution in [-0.4, -0.2) is 34.3 Å². The van der Waals surface area contributed by atoms with Gasteiger partial charge in [0.25, 0.3) is 0 Å². The van der Waals surface area contributed by atoms with Crippen LogP contribution in [0.4, 0.5) is 5.82 Å². The lowest BCUT2D eigenvalue weighted by Gasteiger charge is -2.34. The van der Waals surface area contributed by atoms with E-state index in [0.717, 1.165) is 18.8 Å². The molecule has 0 bridgehead atoms. The van der Waals surface area contributed by atoms with Gasteiger partial charge in [-0.25, -0.2) is 0 Å². The Labute approximate surface area is 113 Å². The van der Waals surface area contributed by atoms with Crippen molar-refractivity contribution in [2.24, 2.45) is 16.8 Å². The topological polar surface area (TPSA) is 87.6 Å². The first-order valence-electron chi connectivity index (χ1n) is 6.66. The van der Waals surface area contributed by atoms with Crippen LogP contribution in [0.1, 0.15) is 38.2 Å². The van der Waals surface area contributed by atoms with E-state index >= 15 is 0 Å². The predicted molar refractivity (Wildman–Crippen MR) is 74.4 cm³/mol. The molecule has 0 aromatic carbocycles. The highest BCUT2D eigenvalue weighted by Gasteiger charge is 2.24. The van der Waals surface area contributed by atoms with Gasteiger partial charge in [-0.05, 0) is 37.7 Å². The molecule has 1 aromatic rings. The van der Waals surface area contributed by atoms with Crippen molar-refractivity contribution in [2.45, 2.75) is 38.6 Å². The number of hydrogen-bond acceptors (Lipinski definition) is 5. The molecule has 3 N–H and O–H groups in total. The van der Waals surface area contributed by atoms with Crippen LogP contribution in [0.25, 0.3) is 0 Å². The summed E-state index contributed by atoms with van der Waals surface area (Å²) < 4.78 is 0. The van der Waals surface area contributed by atoms with Gasteiger partial charge in [0.15, 0.2) is 11.7 Å². The molecule has 0 aliphatic heterocycles. The van der Waals surface area contributed by atoms with Crippen molar-refractivity contribution in [3.8, 4) is 0 Å². The number of rotatable bonds is 3. The van der Waals surface area contributed by atoms with Crippen LogP contribution in [0, 0.1) is 5.92 Å². The molecule has 1 fully saturated rings.